The Morgan fingerprint density at radius 3 is 2.58 bits per heavy atom. The Balaban J connectivity index is 1.59. The SMILES string of the molecule is COCCCC[C@@](O)(c1ccccc1Oc1ccccc1)C1CCCN(C(=O)[C@H]2C[C@@H](N)[C@H](O)C2)C1. The summed E-state index contributed by atoms with van der Waals surface area (Å²) in [6.45, 7) is 1.78. The van der Waals surface area contributed by atoms with Gasteiger partial charge in [0, 0.05) is 50.2 Å². The first-order chi connectivity index (χ1) is 17.4. The summed E-state index contributed by atoms with van der Waals surface area (Å²) in [5.41, 5.74) is 5.57. The van der Waals surface area contributed by atoms with Gasteiger partial charge < -0.3 is 30.3 Å². The number of ether oxygens (including phenoxy) is 2. The molecular formula is C29H40N2O5. The number of hydrogen-bond acceptors (Lipinski definition) is 6. The third kappa shape index (κ3) is 6.09. The zero-order chi connectivity index (χ0) is 25.5. The molecule has 2 aromatic rings. The lowest BCUT2D eigenvalue weighted by Crippen LogP contribution is -2.49. The maximum absolute atomic E-state index is 13.3. The zero-order valence-electron chi connectivity index (χ0n) is 21.2. The van der Waals surface area contributed by atoms with Crippen molar-refractivity contribution in [3.05, 3.63) is 60.2 Å². The summed E-state index contributed by atoms with van der Waals surface area (Å²) in [5, 5.41) is 22.5. The summed E-state index contributed by atoms with van der Waals surface area (Å²) >= 11 is 0. The smallest absolute Gasteiger partial charge is 0.225 e. The summed E-state index contributed by atoms with van der Waals surface area (Å²) in [4.78, 5) is 15.2. The van der Waals surface area contributed by atoms with Gasteiger partial charge in [-0.05, 0) is 63.1 Å². The molecule has 4 rings (SSSR count). The fourth-order valence-electron chi connectivity index (χ4n) is 5.80. The molecule has 196 valence electrons. The highest BCUT2D eigenvalue weighted by molar-refractivity contribution is 5.79. The minimum Gasteiger partial charge on any atom is -0.457 e. The minimum absolute atomic E-state index is 0.0438. The van der Waals surface area contributed by atoms with E-state index in [-0.39, 0.29) is 23.8 Å². The van der Waals surface area contributed by atoms with E-state index < -0.39 is 11.7 Å². The number of rotatable bonds is 10. The predicted molar refractivity (Wildman–Crippen MR) is 139 cm³/mol. The summed E-state index contributed by atoms with van der Waals surface area (Å²) < 4.78 is 11.5. The van der Waals surface area contributed by atoms with E-state index in [0.717, 1.165) is 31.2 Å². The number of unbranched alkanes of at least 4 members (excludes halogenated alkanes) is 1. The van der Waals surface area contributed by atoms with Gasteiger partial charge in [-0.1, -0.05) is 36.4 Å². The van der Waals surface area contributed by atoms with Gasteiger partial charge in [-0.2, -0.15) is 0 Å². The quantitative estimate of drug-likeness (QED) is 0.432. The van der Waals surface area contributed by atoms with Crippen LogP contribution in [0.25, 0.3) is 0 Å². The standard InChI is InChI=1S/C29H40N2O5/c1-35-17-8-7-15-29(34,24-13-5-6-14-27(24)36-23-11-3-2-4-12-23)22-10-9-16-31(20-22)28(33)21-18-25(30)26(32)19-21/h2-6,11-14,21-22,25-26,32,34H,7-10,15-20,30H2,1H3/t21-,22?,25+,26+,29-/m0/s1. The first-order valence-electron chi connectivity index (χ1n) is 13.2. The highest BCUT2D eigenvalue weighted by Crippen LogP contribution is 2.44. The van der Waals surface area contributed by atoms with E-state index in [9.17, 15) is 15.0 Å². The molecule has 7 heteroatoms. The van der Waals surface area contributed by atoms with Crippen LogP contribution in [0.4, 0.5) is 0 Å². The molecule has 36 heavy (non-hydrogen) atoms. The van der Waals surface area contributed by atoms with E-state index in [2.05, 4.69) is 0 Å². The number of methoxy groups -OCH3 is 1. The lowest BCUT2D eigenvalue weighted by molar-refractivity contribution is -0.141. The zero-order valence-corrected chi connectivity index (χ0v) is 21.2. The first-order valence-corrected chi connectivity index (χ1v) is 13.2. The van der Waals surface area contributed by atoms with Crippen LogP contribution in [-0.4, -0.2) is 60.0 Å². The summed E-state index contributed by atoms with van der Waals surface area (Å²) in [5.74, 6) is 0.993. The molecule has 1 aliphatic carbocycles. The van der Waals surface area contributed by atoms with Crippen molar-refractivity contribution >= 4 is 5.91 Å². The van der Waals surface area contributed by atoms with Crippen LogP contribution in [0.5, 0.6) is 11.5 Å². The molecule has 0 radical (unpaired) electrons. The molecule has 1 saturated heterocycles. The Morgan fingerprint density at radius 1 is 1.11 bits per heavy atom. The highest BCUT2D eigenvalue weighted by Gasteiger charge is 2.44. The van der Waals surface area contributed by atoms with Crippen molar-refractivity contribution in [3.63, 3.8) is 0 Å². The van der Waals surface area contributed by atoms with Gasteiger partial charge in [-0.25, -0.2) is 0 Å². The van der Waals surface area contributed by atoms with Gasteiger partial charge in [-0.15, -0.1) is 0 Å². The van der Waals surface area contributed by atoms with Crippen LogP contribution in [0.1, 0.15) is 50.5 Å². The van der Waals surface area contributed by atoms with Crippen LogP contribution in [0, 0.1) is 11.8 Å². The Labute approximate surface area is 214 Å². The second-order valence-electron chi connectivity index (χ2n) is 10.3. The van der Waals surface area contributed by atoms with Gasteiger partial charge in [0.05, 0.1) is 11.7 Å². The number of aliphatic hydroxyl groups is 2. The molecule has 1 aliphatic heterocycles. The predicted octanol–water partition coefficient (Wildman–Crippen LogP) is 3.82. The number of carbonyl (C=O) groups excluding carboxylic acids is 1. The number of nitrogens with two attached hydrogens (primary N) is 1. The number of carbonyl (C=O) groups is 1. The van der Waals surface area contributed by atoms with Crippen molar-refractivity contribution in [1.82, 2.24) is 4.90 Å². The van der Waals surface area contributed by atoms with Crippen molar-refractivity contribution in [3.8, 4) is 11.5 Å². The van der Waals surface area contributed by atoms with Crippen LogP contribution < -0.4 is 10.5 Å². The van der Waals surface area contributed by atoms with Crippen LogP contribution in [0.2, 0.25) is 0 Å². The maximum Gasteiger partial charge on any atom is 0.225 e. The molecule has 1 unspecified atom stereocenters. The van der Waals surface area contributed by atoms with E-state index in [0.29, 0.717) is 50.5 Å². The second kappa shape index (κ2) is 12.2. The molecule has 0 bridgehead atoms. The number of amides is 1. The van der Waals surface area contributed by atoms with Crippen LogP contribution in [-0.2, 0) is 15.1 Å². The van der Waals surface area contributed by atoms with Crippen molar-refractivity contribution in [2.45, 2.75) is 62.7 Å². The normalized spacial score (nSPS) is 25.9. The topological polar surface area (TPSA) is 105 Å². The largest absolute Gasteiger partial charge is 0.457 e. The number of aliphatic hydroxyl groups excluding tert-OH is 1. The number of nitrogens with zero attached hydrogens (tertiary/aromatic N) is 1. The summed E-state index contributed by atoms with van der Waals surface area (Å²) in [7, 11) is 1.69. The number of likely N-dealkylation sites (tertiary alicyclic amines) is 1. The monoisotopic (exact) mass is 496 g/mol. The Morgan fingerprint density at radius 2 is 1.86 bits per heavy atom. The van der Waals surface area contributed by atoms with Crippen LogP contribution in [0.15, 0.2) is 54.6 Å². The van der Waals surface area contributed by atoms with Gasteiger partial charge in [0.25, 0.3) is 0 Å². The molecule has 1 saturated carbocycles. The third-order valence-corrected chi connectivity index (χ3v) is 7.82. The minimum atomic E-state index is -1.16. The molecule has 1 amide bonds. The summed E-state index contributed by atoms with van der Waals surface area (Å²) in [6, 6.07) is 16.9. The Hall–Kier alpha value is -2.45. The Kier molecular flexibility index (Phi) is 9.01. The molecule has 7 nitrogen and oxygen atoms in total. The fourth-order valence-corrected chi connectivity index (χ4v) is 5.80. The molecule has 2 fully saturated rings. The molecular weight excluding hydrogens is 456 g/mol. The molecule has 0 spiro atoms. The van der Waals surface area contributed by atoms with E-state index in [1.54, 1.807) is 7.11 Å². The second-order valence-corrected chi connectivity index (χ2v) is 10.3. The van der Waals surface area contributed by atoms with Crippen LogP contribution in [0.3, 0.4) is 0 Å². The highest BCUT2D eigenvalue weighted by atomic mass is 16.5. The number of hydrogen-bond donors (Lipinski definition) is 3. The van der Waals surface area contributed by atoms with E-state index in [1.165, 1.54) is 0 Å². The fraction of sp³-hybridized carbons (Fsp3) is 0.552. The van der Waals surface area contributed by atoms with E-state index in [1.807, 2.05) is 59.5 Å². The van der Waals surface area contributed by atoms with Gasteiger partial charge in [0.1, 0.15) is 11.5 Å². The van der Waals surface area contributed by atoms with Gasteiger partial charge in [-0.3, -0.25) is 4.79 Å². The van der Waals surface area contributed by atoms with E-state index in [4.69, 9.17) is 15.2 Å². The van der Waals surface area contributed by atoms with Gasteiger partial charge in [0.2, 0.25) is 5.91 Å². The summed E-state index contributed by atoms with van der Waals surface area (Å²) in [6.07, 6.45) is 4.11. The number of piperidine rings is 1. The van der Waals surface area contributed by atoms with Crippen molar-refractivity contribution in [2.75, 3.05) is 26.8 Å². The lowest BCUT2D eigenvalue weighted by atomic mass is 9.73. The molecule has 5 atom stereocenters. The number of benzene rings is 2. The average Bonchev–Trinajstić information content (AvgIpc) is 3.25. The molecule has 0 aromatic heterocycles. The maximum atomic E-state index is 13.3. The molecule has 2 aliphatic rings. The first kappa shape index (κ1) is 26.6. The number of para-hydroxylation sites is 2. The van der Waals surface area contributed by atoms with Crippen LogP contribution >= 0.6 is 0 Å². The van der Waals surface area contributed by atoms with Crippen molar-refractivity contribution in [2.24, 2.45) is 17.6 Å². The Bertz CT molecular complexity index is 977. The van der Waals surface area contributed by atoms with Gasteiger partial charge in [0.15, 0.2) is 0 Å². The third-order valence-electron chi connectivity index (χ3n) is 7.82. The van der Waals surface area contributed by atoms with Crippen molar-refractivity contribution < 1.29 is 24.5 Å². The lowest BCUT2D eigenvalue weighted by Gasteiger charge is -2.44. The molecule has 1 heterocycles. The average molecular weight is 497 g/mol. The molecule has 4 N–H and O–H groups in total. The van der Waals surface area contributed by atoms with Gasteiger partial charge >= 0.3 is 0 Å². The van der Waals surface area contributed by atoms with Crippen molar-refractivity contribution in [1.29, 1.82) is 0 Å². The molecule has 2 aromatic carbocycles. The van der Waals surface area contributed by atoms with E-state index >= 15 is 0 Å².